The SMILES string of the molecule is CC(C)(C)c1ccccc1-c1cc(SC2COCC2O)cc(-c2ccccc2C(C)(C)C)c1. The molecule has 0 radical (unpaired) electrons. The Morgan fingerprint density at radius 3 is 1.64 bits per heavy atom. The van der Waals surface area contributed by atoms with Crippen LogP contribution in [0.5, 0.6) is 0 Å². The van der Waals surface area contributed by atoms with E-state index in [1.165, 1.54) is 38.3 Å². The van der Waals surface area contributed by atoms with E-state index in [4.69, 9.17) is 4.74 Å². The minimum absolute atomic E-state index is 0.0404. The highest BCUT2D eigenvalue weighted by atomic mass is 32.2. The van der Waals surface area contributed by atoms with Crippen LogP contribution in [0.2, 0.25) is 0 Å². The summed E-state index contributed by atoms with van der Waals surface area (Å²) in [7, 11) is 0. The molecule has 0 amide bonds. The zero-order valence-electron chi connectivity index (χ0n) is 20.7. The van der Waals surface area contributed by atoms with E-state index >= 15 is 0 Å². The third kappa shape index (κ3) is 5.37. The first-order chi connectivity index (χ1) is 15.5. The smallest absolute Gasteiger partial charge is 0.0917 e. The standard InChI is InChI=1S/C30H36O2S/c1-29(2,3)25-13-9-7-11-23(25)20-15-21(24-12-8-10-14-26(24)30(4,5)6)17-22(16-20)33-28-19-32-18-27(28)31/h7-17,27-28,31H,18-19H2,1-6H3. The van der Waals surface area contributed by atoms with Gasteiger partial charge in [0.05, 0.1) is 24.6 Å². The number of ether oxygens (including phenoxy) is 1. The Kier molecular flexibility index (Phi) is 6.77. The van der Waals surface area contributed by atoms with E-state index in [0.29, 0.717) is 13.2 Å². The van der Waals surface area contributed by atoms with Crippen molar-refractivity contribution in [3.8, 4) is 22.3 Å². The summed E-state index contributed by atoms with van der Waals surface area (Å²) >= 11 is 1.73. The van der Waals surface area contributed by atoms with Crippen molar-refractivity contribution in [2.45, 2.75) is 68.6 Å². The molecule has 0 spiro atoms. The van der Waals surface area contributed by atoms with E-state index in [0.717, 1.165) is 0 Å². The van der Waals surface area contributed by atoms with E-state index < -0.39 is 6.10 Å². The van der Waals surface area contributed by atoms with Crippen molar-refractivity contribution in [1.29, 1.82) is 0 Å². The molecule has 2 unspecified atom stereocenters. The van der Waals surface area contributed by atoms with Gasteiger partial charge in [0.2, 0.25) is 0 Å². The van der Waals surface area contributed by atoms with E-state index in [2.05, 4.69) is 108 Å². The summed E-state index contributed by atoms with van der Waals surface area (Å²) in [6, 6.07) is 24.4. The topological polar surface area (TPSA) is 29.5 Å². The second-order valence-corrected chi connectivity index (χ2v) is 12.4. The summed E-state index contributed by atoms with van der Waals surface area (Å²) in [6.45, 7) is 14.6. The fourth-order valence-corrected chi connectivity index (χ4v) is 5.71. The summed E-state index contributed by atoms with van der Waals surface area (Å²) < 4.78 is 5.53. The summed E-state index contributed by atoms with van der Waals surface area (Å²) in [5.74, 6) is 0. The van der Waals surface area contributed by atoms with Gasteiger partial charge < -0.3 is 9.84 Å². The number of benzene rings is 3. The lowest BCUT2D eigenvalue weighted by atomic mass is 9.80. The molecule has 0 aromatic heterocycles. The van der Waals surface area contributed by atoms with Crippen molar-refractivity contribution in [2.75, 3.05) is 13.2 Å². The lowest BCUT2D eigenvalue weighted by Gasteiger charge is -2.25. The molecule has 0 bridgehead atoms. The fraction of sp³-hybridized carbons (Fsp3) is 0.400. The summed E-state index contributed by atoms with van der Waals surface area (Å²) in [6.07, 6.45) is -0.425. The van der Waals surface area contributed by atoms with Crippen LogP contribution in [-0.4, -0.2) is 29.7 Å². The second-order valence-electron chi connectivity index (χ2n) is 11.1. The predicted molar refractivity (Wildman–Crippen MR) is 141 cm³/mol. The van der Waals surface area contributed by atoms with Gasteiger partial charge in [0.15, 0.2) is 0 Å². The molecule has 1 saturated heterocycles. The molecule has 3 aromatic carbocycles. The molecule has 1 N–H and O–H groups in total. The van der Waals surface area contributed by atoms with Crippen LogP contribution < -0.4 is 0 Å². The Hall–Kier alpha value is -2.07. The van der Waals surface area contributed by atoms with Gasteiger partial charge in [-0.2, -0.15) is 0 Å². The lowest BCUT2D eigenvalue weighted by molar-refractivity contribution is 0.127. The lowest BCUT2D eigenvalue weighted by Crippen LogP contribution is -2.19. The molecule has 0 aliphatic carbocycles. The van der Waals surface area contributed by atoms with Crippen molar-refractivity contribution in [2.24, 2.45) is 0 Å². The van der Waals surface area contributed by atoms with Crippen LogP contribution in [0.1, 0.15) is 52.7 Å². The van der Waals surface area contributed by atoms with Crippen molar-refractivity contribution in [3.05, 3.63) is 77.9 Å². The maximum absolute atomic E-state index is 10.4. The van der Waals surface area contributed by atoms with Crippen LogP contribution in [0.3, 0.4) is 0 Å². The van der Waals surface area contributed by atoms with E-state index in [1.807, 2.05) is 0 Å². The van der Waals surface area contributed by atoms with Crippen LogP contribution in [0.25, 0.3) is 22.3 Å². The monoisotopic (exact) mass is 460 g/mol. The zero-order valence-corrected chi connectivity index (χ0v) is 21.5. The highest BCUT2D eigenvalue weighted by Gasteiger charge is 2.28. The van der Waals surface area contributed by atoms with Gasteiger partial charge in [-0.15, -0.1) is 11.8 Å². The predicted octanol–water partition coefficient (Wildman–Crippen LogP) is 7.47. The molecule has 3 aromatic rings. The minimum atomic E-state index is -0.425. The second kappa shape index (κ2) is 9.29. The molecule has 2 nitrogen and oxygen atoms in total. The molecule has 1 aliphatic heterocycles. The van der Waals surface area contributed by atoms with Gasteiger partial charge in [-0.3, -0.25) is 0 Å². The Bertz CT molecular complexity index is 1040. The minimum Gasteiger partial charge on any atom is -0.389 e. The molecule has 3 heteroatoms. The summed E-state index contributed by atoms with van der Waals surface area (Å²) in [5, 5.41) is 10.4. The average Bonchev–Trinajstić information content (AvgIpc) is 3.16. The highest BCUT2D eigenvalue weighted by molar-refractivity contribution is 8.00. The summed E-state index contributed by atoms with van der Waals surface area (Å²) in [4.78, 5) is 1.17. The normalized spacial score (nSPS) is 19.1. The quantitative estimate of drug-likeness (QED) is 0.438. The Morgan fingerprint density at radius 2 is 1.21 bits per heavy atom. The maximum Gasteiger partial charge on any atom is 0.0917 e. The third-order valence-corrected chi connectivity index (χ3v) is 7.55. The van der Waals surface area contributed by atoms with Crippen LogP contribution >= 0.6 is 11.8 Å². The number of hydrogen-bond acceptors (Lipinski definition) is 3. The number of aliphatic hydroxyl groups is 1. The van der Waals surface area contributed by atoms with E-state index in [9.17, 15) is 5.11 Å². The fourth-order valence-electron chi connectivity index (χ4n) is 4.57. The van der Waals surface area contributed by atoms with Gasteiger partial charge in [-0.05, 0) is 62.4 Å². The largest absolute Gasteiger partial charge is 0.389 e. The van der Waals surface area contributed by atoms with Crippen molar-refractivity contribution < 1.29 is 9.84 Å². The van der Waals surface area contributed by atoms with Crippen molar-refractivity contribution in [1.82, 2.24) is 0 Å². The van der Waals surface area contributed by atoms with E-state index in [-0.39, 0.29) is 16.1 Å². The maximum atomic E-state index is 10.4. The highest BCUT2D eigenvalue weighted by Crippen LogP contribution is 2.41. The van der Waals surface area contributed by atoms with E-state index in [1.54, 1.807) is 11.8 Å². The van der Waals surface area contributed by atoms with Crippen LogP contribution in [0.4, 0.5) is 0 Å². The number of hydrogen-bond donors (Lipinski definition) is 1. The van der Waals surface area contributed by atoms with Crippen LogP contribution in [0, 0.1) is 0 Å². The molecule has 1 aliphatic rings. The Balaban J connectivity index is 1.90. The van der Waals surface area contributed by atoms with Gasteiger partial charge >= 0.3 is 0 Å². The molecular weight excluding hydrogens is 424 g/mol. The molecular formula is C30H36O2S. The average molecular weight is 461 g/mol. The van der Waals surface area contributed by atoms with Crippen molar-refractivity contribution in [3.63, 3.8) is 0 Å². The number of rotatable bonds is 4. The van der Waals surface area contributed by atoms with Gasteiger partial charge in [-0.25, -0.2) is 0 Å². The number of aliphatic hydroxyl groups excluding tert-OH is 1. The number of thioether (sulfide) groups is 1. The molecule has 174 valence electrons. The van der Waals surface area contributed by atoms with Crippen LogP contribution in [-0.2, 0) is 15.6 Å². The first-order valence-corrected chi connectivity index (χ1v) is 12.7. The molecule has 0 saturated carbocycles. The zero-order chi connectivity index (χ0) is 23.8. The first-order valence-electron chi connectivity index (χ1n) is 11.8. The van der Waals surface area contributed by atoms with Gasteiger partial charge in [0.25, 0.3) is 0 Å². The Labute approximate surface area is 203 Å². The van der Waals surface area contributed by atoms with Crippen molar-refractivity contribution >= 4 is 11.8 Å². The molecule has 33 heavy (non-hydrogen) atoms. The molecule has 4 rings (SSSR count). The van der Waals surface area contributed by atoms with Crippen LogP contribution in [0.15, 0.2) is 71.6 Å². The Morgan fingerprint density at radius 1 is 0.727 bits per heavy atom. The molecule has 1 fully saturated rings. The molecule has 1 heterocycles. The van der Waals surface area contributed by atoms with Gasteiger partial charge in [-0.1, -0.05) is 90.1 Å². The van der Waals surface area contributed by atoms with Gasteiger partial charge in [0, 0.05) is 4.90 Å². The summed E-state index contributed by atoms with van der Waals surface area (Å²) in [5.41, 5.74) is 7.74. The first kappa shape index (κ1) is 24.1. The van der Waals surface area contributed by atoms with Gasteiger partial charge in [0.1, 0.15) is 0 Å². The molecule has 2 atom stereocenters. The third-order valence-electron chi connectivity index (χ3n) is 6.29.